The van der Waals surface area contributed by atoms with Gasteiger partial charge in [0.1, 0.15) is 0 Å². The van der Waals surface area contributed by atoms with Crippen LogP contribution in [0.4, 0.5) is 0 Å². The zero-order valence-electron chi connectivity index (χ0n) is 11.2. The first kappa shape index (κ1) is 12.7. The van der Waals surface area contributed by atoms with Gasteiger partial charge in [-0.15, -0.1) is 0 Å². The van der Waals surface area contributed by atoms with Crippen molar-refractivity contribution in [1.29, 1.82) is 0 Å². The van der Waals surface area contributed by atoms with Crippen molar-refractivity contribution >= 4 is 11.6 Å². The normalized spacial score (nSPS) is 14.2. The zero-order valence-corrected chi connectivity index (χ0v) is 11.9. The summed E-state index contributed by atoms with van der Waals surface area (Å²) in [5.41, 5.74) is 6.90. The SMILES string of the molecule is CCc1ccc(Cl)cc1-c1cccc2c1CNCC2. The summed E-state index contributed by atoms with van der Waals surface area (Å²) in [7, 11) is 0. The first-order chi connectivity index (χ1) is 9.29. The van der Waals surface area contributed by atoms with Crippen LogP contribution < -0.4 is 5.32 Å². The molecule has 0 spiro atoms. The Hall–Kier alpha value is -1.31. The molecule has 2 aromatic rings. The standard InChI is InChI=1S/C17H18ClN/c1-2-12-6-7-14(18)10-16(12)15-5-3-4-13-8-9-19-11-17(13)15/h3-7,10,19H,2,8-9,11H2,1H3. The van der Waals surface area contributed by atoms with Crippen LogP contribution in [0.2, 0.25) is 5.02 Å². The van der Waals surface area contributed by atoms with E-state index in [9.17, 15) is 0 Å². The Morgan fingerprint density at radius 2 is 2.05 bits per heavy atom. The lowest BCUT2D eigenvalue weighted by molar-refractivity contribution is 0.645. The van der Waals surface area contributed by atoms with E-state index in [4.69, 9.17) is 11.6 Å². The van der Waals surface area contributed by atoms with E-state index in [1.54, 1.807) is 0 Å². The summed E-state index contributed by atoms with van der Waals surface area (Å²) in [4.78, 5) is 0. The molecule has 0 amide bonds. The van der Waals surface area contributed by atoms with Crippen LogP contribution in [0.25, 0.3) is 11.1 Å². The third kappa shape index (κ3) is 2.41. The quantitative estimate of drug-likeness (QED) is 0.863. The lowest BCUT2D eigenvalue weighted by Gasteiger charge is -2.21. The molecule has 0 saturated carbocycles. The molecule has 0 atom stereocenters. The molecule has 0 aromatic heterocycles. The van der Waals surface area contributed by atoms with Gasteiger partial charge in [0.2, 0.25) is 0 Å². The summed E-state index contributed by atoms with van der Waals surface area (Å²) in [6, 6.07) is 12.9. The van der Waals surface area contributed by atoms with Crippen LogP contribution in [0.15, 0.2) is 36.4 Å². The second-order valence-electron chi connectivity index (χ2n) is 5.03. The minimum absolute atomic E-state index is 0.813. The molecule has 0 unspecified atom stereocenters. The van der Waals surface area contributed by atoms with Crippen molar-refractivity contribution in [3.8, 4) is 11.1 Å². The number of fused-ring (bicyclic) bond motifs is 1. The van der Waals surface area contributed by atoms with Gasteiger partial charge in [-0.25, -0.2) is 0 Å². The van der Waals surface area contributed by atoms with Gasteiger partial charge in [0.05, 0.1) is 0 Å². The van der Waals surface area contributed by atoms with E-state index in [1.165, 1.54) is 27.8 Å². The van der Waals surface area contributed by atoms with Gasteiger partial charge in [0.25, 0.3) is 0 Å². The molecule has 1 heterocycles. The molecule has 2 heteroatoms. The van der Waals surface area contributed by atoms with Gasteiger partial charge in [0, 0.05) is 11.6 Å². The van der Waals surface area contributed by atoms with Crippen LogP contribution in [0.3, 0.4) is 0 Å². The maximum atomic E-state index is 6.19. The molecule has 19 heavy (non-hydrogen) atoms. The molecule has 1 nitrogen and oxygen atoms in total. The summed E-state index contributed by atoms with van der Waals surface area (Å²) in [6.07, 6.45) is 2.15. The van der Waals surface area contributed by atoms with Gasteiger partial charge < -0.3 is 5.32 Å². The highest BCUT2D eigenvalue weighted by atomic mass is 35.5. The highest BCUT2D eigenvalue weighted by Crippen LogP contribution is 2.32. The van der Waals surface area contributed by atoms with Gasteiger partial charge in [-0.05, 0) is 59.3 Å². The molecule has 1 N–H and O–H groups in total. The molecule has 0 aliphatic carbocycles. The largest absolute Gasteiger partial charge is 0.312 e. The fourth-order valence-electron chi connectivity index (χ4n) is 2.87. The average molecular weight is 272 g/mol. The van der Waals surface area contributed by atoms with Crippen LogP contribution in [-0.4, -0.2) is 6.54 Å². The van der Waals surface area contributed by atoms with Crippen LogP contribution >= 0.6 is 11.6 Å². The highest BCUT2D eigenvalue weighted by molar-refractivity contribution is 6.30. The third-order valence-corrected chi connectivity index (χ3v) is 4.12. The zero-order chi connectivity index (χ0) is 13.2. The fourth-order valence-corrected chi connectivity index (χ4v) is 3.05. The molecular weight excluding hydrogens is 254 g/mol. The number of hydrogen-bond donors (Lipinski definition) is 1. The Morgan fingerprint density at radius 3 is 2.89 bits per heavy atom. The number of benzene rings is 2. The van der Waals surface area contributed by atoms with E-state index >= 15 is 0 Å². The minimum Gasteiger partial charge on any atom is -0.312 e. The van der Waals surface area contributed by atoms with Crippen molar-refractivity contribution in [2.24, 2.45) is 0 Å². The van der Waals surface area contributed by atoms with Crippen LogP contribution in [-0.2, 0) is 19.4 Å². The Labute approximate surface area is 119 Å². The minimum atomic E-state index is 0.813. The Bertz CT molecular complexity index is 604. The monoisotopic (exact) mass is 271 g/mol. The smallest absolute Gasteiger partial charge is 0.0412 e. The van der Waals surface area contributed by atoms with Gasteiger partial charge in [0.15, 0.2) is 0 Å². The van der Waals surface area contributed by atoms with E-state index < -0.39 is 0 Å². The maximum Gasteiger partial charge on any atom is 0.0412 e. The second-order valence-corrected chi connectivity index (χ2v) is 5.46. The first-order valence-corrected chi connectivity index (χ1v) is 7.27. The maximum absolute atomic E-state index is 6.19. The number of rotatable bonds is 2. The Kier molecular flexibility index (Phi) is 3.58. The van der Waals surface area contributed by atoms with E-state index in [2.05, 4.69) is 42.6 Å². The van der Waals surface area contributed by atoms with Crippen LogP contribution in [0.5, 0.6) is 0 Å². The molecule has 1 aliphatic rings. The molecule has 3 rings (SSSR count). The second kappa shape index (κ2) is 5.36. The predicted molar refractivity (Wildman–Crippen MR) is 81.7 cm³/mol. The van der Waals surface area contributed by atoms with Crippen molar-refractivity contribution in [1.82, 2.24) is 5.32 Å². The summed E-state index contributed by atoms with van der Waals surface area (Å²) in [5, 5.41) is 4.28. The van der Waals surface area contributed by atoms with E-state index in [0.29, 0.717) is 0 Å². The van der Waals surface area contributed by atoms with Crippen molar-refractivity contribution in [2.75, 3.05) is 6.54 Å². The predicted octanol–water partition coefficient (Wildman–Crippen LogP) is 4.22. The third-order valence-electron chi connectivity index (χ3n) is 3.89. The Balaban J connectivity index is 2.19. The summed E-state index contributed by atoms with van der Waals surface area (Å²) < 4.78 is 0. The summed E-state index contributed by atoms with van der Waals surface area (Å²) >= 11 is 6.19. The molecule has 0 bridgehead atoms. The van der Waals surface area contributed by atoms with Gasteiger partial charge in [-0.2, -0.15) is 0 Å². The van der Waals surface area contributed by atoms with Gasteiger partial charge in [-0.3, -0.25) is 0 Å². The van der Waals surface area contributed by atoms with Crippen LogP contribution in [0, 0.1) is 0 Å². The summed E-state index contributed by atoms with van der Waals surface area (Å²) in [6.45, 7) is 4.23. The number of aryl methyl sites for hydroxylation is 1. The topological polar surface area (TPSA) is 12.0 Å². The van der Waals surface area contributed by atoms with E-state index in [0.717, 1.165) is 31.0 Å². The van der Waals surface area contributed by atoms with Crippen molar-refractivity contribution in [2.45, 2.75) is 26.3 Å². The molecule has 0 radical (unpaired) electrons. The summed E-state index contributed by atoms with van der Waals surface area (Å²) in [5.74, 6) is 0. The van der Waals surface area contributed by atoms with E-state index in [1.807, 2.05) is 6.07 Å². The van der Waals surface area contributed by atoms with Gasteiger partial charge in [-0.1, -0.05) is 42.8 Å². The molecule has 0 saturated heterocycles. The van der Waals surface area contributed by atoms with Crippen molar-refractivity contribution in [3.05, 3.63) is 58.1 Å². The first-order valence-electron chi connectivity index (χ1n) is 6.90. The Morgan fingerprint density at radius 1 is 1.16 bits per heavy atom. The lowest BCUT2D eigenvalue weighted by Crippen LogP contribution is -2.24. The fraction of sp³-hybridized carbons (Fsp3) is 0.294. The average Bonchev–Trinajstić information content (AvgIpc) is 2.46. The molecule has 98 valence electrons. The lowest BCUT2D eigenvalue weighted by atomic mass is 9.89. The van der Waals surface area contributed by atoms with E-state index in [-0.39, 0.29) is 0 Å². The number of hydrogen-bond acceptors (Lipinski definition) is 1. The van der Waals surface area contributed by atoms with Crippen molar-refractivity contribution in [3.63, 3.8) is 0 Å². The van der Waals surface area contributed by atoms with Crippen molar-refractivity contribution < 1.29 is 0 Å². The van der Waals surface area contributed by atoms with Crippen LogP contribution in [0.1, 0.15) is 23.6 Å². The molecule has 0 fully saturated rings. The van der Waals surface area contributed by atoms with Gasteiger partial charge >= 0.3 is 0 Å². The molecule has 2 aromatic carbocycles. The number of nitrogens with one attached hydrogen (secondary N) is 1. The number of halogens is 1. The molecular formula is C17H18ClN. The molecule has 1 aliphatic heterocycles. The highest BCUT2D eigenvalue weighted by Gasteiger charge is 2.15.